The van der Waals surface area contributed by atoms with Crippen molar-refractivity contribution in [1.29, 1.82) is 0 Å². The van der Waals surface area contributed by atoms with Crippen LogP contribution < -0.4 is 4.74 Å². The summed E-state index contributed by atoms with van der Waals surface area (Å²) < 4.78 is 5.50. The number of nitrogens with zero attached hydrogens (tertiary/aromatic N) is 1. The molecule has 0 radical (unpaired) electrons. The van der Waals surface area contributed by atoms with Gasteiger partial charge in [-0.15, -0.1) is 0 Å². The number of hydrogen-bond donors (Lipinski definition) is 1. The number of aromatic nitrogens is 1. The molecule has 1 aromatic carbocycles. The summed E-state index contributed by atoms with van der Waals surface area (Å²) in [6.07, 6.45) is 0.411. The van der Waals surface area contributed by atoms with Gasteiger partial charge in [0, 0.05) is 11.8 Å². The van der Waals surface area contributed by atoms with Gasteiger partial charge in [-0.3, -0.25) is 4.79 Å². The smallest absolute Gasteiger partial charge is 0.303 e. The normalized spacial score (nSPS) is 10.6. The van der Waals surface area contributed by atoms with Crippen LogP contribution in [0, 0.1) is 0 Å². The number of carbonyl (C=O) groups is 1. The Hall–Kier alpha value is -1.81. The van der Waals surface area contributed by atoms with Gasteiger partial charge in [0.05, 0.1) is 6.61 Å². The first kappa shape index (κ1) is 13.6. The Morgan fingerprint density at radius 2 is 2.26 bits per heavy atom. The van der Waals surface area contributed by atoms with Crippen LogP contribution >= 0.6 is 11.6 Å². The van der Waals surface area contributed by atoms with Crippen molar-refractivity contribution in [2.24, 2.45) is 0 Å². The summed E-state index contributed by atoms with van der Waals surface area (Å²) in [7, 11) is 0. The Morgan fingerprint density at radius 1 is 1.47 bits per heavy atom. The van der Waals surface area contributed by atoms with E-state index in [9.17, 15) is 4.79 Å². The highest BCUT2D eigenvalue weighted by Gasteiger charge is 2.10. The number of aryl methyl sites for hydroxylation is 1. The van der Waals surface area contributed by atoms with E-state index in [2.05, 4.69) is 4.98 Å². The molecule has 2 aromatic rings. The number of rotatable bonds is 5. The highest BCUT2D eigenvalue weighted by molar-refractivity contribution is 6.30. The maximum atomic E-state index is 10.6. The summed E-state index contributed by atoms with van der Waals surface area (Å²) in [5.74, 6) is -0.161. The van der Waals surface area contributed by atoms with Crippen molar-refractivity contribution in [2.45, 2.75) is 19.8 Å². The number of aliphatic carboxylic acids is 1. The molecular weight excluding hydrogens is 266 g/mol. The largest absolute Gasteiger partial charge is 0.492 e. The van der Waals surface area contributed by atoms with Crippen molar-refractivity contribution in [2.75, 3.05) is 6.61 Å². The predicted octanol–water partition coefficient (Wildman–Crippen LogP) is 3.30. The molecule has 5 heteroatoms. The maximum Gasteiger partial charge on any atom is 0.303 e. The molecule has 2 rings (SSSR count). The Bertz CT molecular complexity index is 613. The fraction of sp³-hybridized carbons (Fsp3) is 0.286. The molecule has 0 bridgehead atoms. The van der Waals surface area contributed by atoms with Gasteiger partial charge < -0.3 is 9.84 Å². The first-order chi connectivity index (χ1) is 9.11. The van der Waals surface area contributed by atoms with Gasteiger partial charge in [0.1, 0.15) is 16.4 Å². The Kier molecular flexibility index (Phi) is 4.22. The second kappa shape index (κ2) is 5.89. The van der Waals surface area contributed by atoms with E-state index in [1.54, 1.807) is 0 Å². The molecule has 0 aliphatic rings. The van der Waals surface area contributed by atoms with Crippen molar-refractivity contribution in [1.82, 2.24) is 4.98 Å². The number of ether oxygens (including phenoxy) is 1. The fourth-order valence-corrected chi connectivity index (χ4v) is 2.12. The summed E-state index contributed by atoms with van der Waals surface area (Å²) in [6, 6.07) is 7.50. The monoisotopic (exact) mass is 279 g/mol. The summed E-state index contributed by atoms with van der Waals surface area (Å²) in [5, 5.41) is 9.94. The minimum Gasteiger partial charge on any atom is -0.492 e. The van der Waals surface area contributed by atoms with Gasteiger partial charge in [-0.1, -0.05) is 23.7 Å². The van der Waals surface area contributed by atoms with Gasteiger partial charge in [-0.25, -0.2) is 4.98 Å². The molecule has 0 spiro atoms. The molecule has 1 N–H and O–H groups in total. The van der Waals surface area contributed by atoms with E-state index >= 15 is 0 Å². The Balaban J connectivity index is 2.42. The zero-order valence-corrected chi connectivity index (χ0v) is 11.3. The van der Waals surface area contributed by atoms with Crippen molar-refractivity contribution >= 4 is 28.5 Å². The Morgan fingerprint density at radius 3 is 2.95 bits per heavy atom. The first-order valence-electron chi connectivity index (χ1n) is 6.04. The van der Waals surface area contributed by atoms with Gasteiger partial charge >= 0.3 is 5.97 Å². The molecule has 0 amide bonds. The second-order valence-electron chi connectivity index (χ2n) is 4.09. The first-order valence-corrected chi connectivity index (χ1v) is 6.42. The minimum absolute atomic E-state index is 0.0397. The van der Waals surface area contributed by atoms with Gasteiger partial charge in [0.15, 0.2) is 0 Å². The van der Waals surface area contributed by atoms with Crippen molar-refractivity contribution in [3.05, 3.63) is 35.0 Å². The van der Waals surface area contributed by atoms with E-state index in [1.165, 1.54) is 0 Å². The minimum atomic E-state index is -0.848. The number of benzene rings is 1. The molecule has 0 saturated heterocycles. The highest BCUT2D eigenvalue weighted by Crippen LogP contribution is 2.28. The van der Waals surface area contributed by atoms with Crippen LogP contribution in [-0.2, 0) is 11.2 Å². The second-order valence-corrected chi connectivity index (χ2v) is 4.45. The molecule has 4 nitrogen and oxygen atoms in total. The van der Waals surface area contributed by atoms with Crippen LogP contribution in [-0.4, -0.2) is 22.7 Å². The van der Waals surface area contributed by atoms with Crippen LogP contribution in [0.15, 0.2) is 24.3 Å². The average Bonchev–Trinajstić information content (AvgIpc) is 2.37. The lowest BCUT2D eigenvalue weighted by Gasteiger charge is -2.09. The van der Waals surface area contributed by atoms with Crippen molar-refractivity contribution in [3.8, 4) is 5.75 Å². The number of para-hydroxylation sites is 1. The number of halogens is 1. The molecule has 100 valence electrons. The molecule has 0 aliphatic heterocycles. The molecular formula is C14H14ClNO3. The van der Waals surface area contributed by atoms with E-state index < -0.39 is 5.97 Å². The van der Waals surface area contributed by atoms with E-state index in [-0.39, 0.29) is 6.42 Å². The molecule has 0 fully saturated rings. The molecule has 0 atom stereocenters. The third-order valence-corrected chi connectivity index (χ3v) is 3.07. The standard InChI is InChI=1S/C14H14ClNO3/c1-2-19-11-5-3-4-9-8-10(6-7-12(17)18)14(15)16-13(9)11/h3-5,8H,2,6-7H2,1H3,(H,17,18). The fourth-order valence-electron chi connectivity index (χ4n) is 1.88. The number of pyridine rings is 1. The summed E-state index contributed by atoms with van der Waals surface area (Å²) in [6.45, 7) is 2.46. The van der Waals surface area contributed by atoms with Crippen LogP contribution in [0.25, 0.3) is 10.9 Å². The van der Waals surface area contributed by atoms with Crippen molar-refractivity contribution < 1.29 is 14.6 Å². The quantitative estimate of drug-likeness (QED) is 0.853. The van der Waals surface area contributed by atoms with E-state index in [0.717, 1.165) is 10.9 Å². The van der Waals surface area contributed by atoms with E-state index in [1.807, 2.05) is 31.2 Å². The summed E-state index contributed by atoms with van der Waals surface area (Å²) >= 11 is 6.10. The van der Waals surface area contributed by atoms with Crippen LogP contribution in [0.5, 0.6) is 5.75 Å². The maximum absolute atomic E-state index is 10.6. The number of hydrogen-bond acceptors (Lipinski definition) is 3. The van der Waals surface area contributed by atoms with Crippen LogP contribution in [0.3, 0.4) is 0 Å². The van der Waals surface area contributed by atoms with E-state index in [4.69, 9.17) is 21.4 Å². The molecule has 19 heavy (non-hydrogen) atoms. The van der Waals surface area contributed by atoms with Gasteiger partial charge in [0.2, 0.25) is 0 Å². The molecule has 1 aromatic heterocycles. The van der Waals surface area contributed by atoms with Crippen LogP contribution in [0.4, 0.5) is 0 Å². The summed E-state index contributed by atoms with van der Waals surface area (Å²) in [5.41, 5.74) is 1.44. The molecule has 0 saturated carbocycles. The number of carboxylic acids is 1. The third kappa shape index (κ3) is 3.15. The third-order valence-electron chi connectivity index (χ3n) is 2.74. The van der Waals surface area contributed by atoms with Crippen molar-refractivity contribution in [3.63, 3.8) is 0 Å². The van der Waals surface area contributed by atoms with Gasteiger partial charge in [-0.2, -0.15) is 0 Å². The molecule has 1 heterocycles. The predicted molar refractivity (Wildman–Crippen MR) is 73.9 cm³/mol. The lowest BCUT2D eigenvalue weighted by molar-refractivity contribution is -0.136. The van der Waals surface area contributed by atoms with Crippen LogP contribution in [0.1, 0.15) is 18.9 Å². The Labute approximate surface area is 116 Å². The highest BCUT2D eigenvalue weighted by atomic mass is 35.5. The van der Waals surface area contributed by atoms with Gasteiger partial charge in [0.25, 0.3) is 0 Å². The van der Waals surface area contributed by atoms with E-state index in [0.29, 0.717) is 29.4 Å². The number of carboxylic acid groups (broad SMARTS) is 1. The number of fused-ring (bicyclic) bond motifs is 1. The van der Waals surface area contributed by atoms with Crippen LogP contribution in [0.2, 0.25) is 5.15 Å². The topological polar surface area (TPSA) is 59.4 Å². The lowest BCUT2D eigenvalue weighted by Crippen LogP contribution is -2.00. The zero-order valence-electron chi connectivity index (χ0n) is 10.5. The average molecular weight is 280 g/mol. The van der Waals surface area contributed by atoms with Gasteiger partial charge in [-0.05, 0) is 31.0 Å². The SMILES string of the molecule is CCOc1cccc2cc(CCC(=O)O)c(Cl)nc12. The summed E-state index contributed by atoms with van der Waals surface area (Å²) in [4.78, 5) is 14.9. The zero-order chi connectivity index (χ0) is 13.8. The lowest BCUT2D eigenvalue weighted by atomic mass is 10.1. The molecule has 0 unspecified atom stereocenters. The molecule has 0 aliphatic carbocycles.